The summed E-state index contributed by atoms with van der Waals surface area (Å²) in [7, 11) is 1.72. The van der Waals surface area contributed by atoms with Gasteiger partial charge in [0.1, 0.15) is 28.6 Å². The molecular weight excluding hydrogens is 621 g/mol. The molecule has 1 fully saturated rings. The minimum absolute atomic E-state index is 0.0898. The quantitative estimate of drug-likeness (QED) is 0.136. The minimum atomic E-state index is -1.26. The van der Waals surface area contributed by atoms with Crippen molar-refractivity contribution in [2.75, 3.05) is 18.5 Å². The van der Waals surface area contributed by atoms with Gasteiger partial charge in [0.25, 0.3) is 11.8 Å². The first-order valence-electron chi connectivity index (χ1n) is 12.7. The minimum Gasteiger partial charge on any atom is -0.477 e. The number of aromatic nitrogens is 2. The Hall–Kier alpha value is -4.04. The summed E-state index contributed by atoms with van der Waals surface area (Å²) in [5.41, 5.74) is 17.5. The molecule has 3 atom stereocenters. The number of carbonyl (C=O) groups excluding carboxylic acids is 3. The predicted molar refractivity (Wildman–Crippen MR) is 159 cm³/mol. The molecule has 19 heteroatoms. The van der Waals surface area contributed by atoms with Crippen LogP contribution in [-0.4, -0.2) is 83.3 Å². The molecule has 43 heavy (non-hydrogen) atoms. The summed E-state index contributed by atoms with van der Waals surface area (Å²) >= 11 is 3.53. The van der Waals surface area contributed by atoms with Gasteiger partial charge in [0.05, 0.1) is 17.3 Å². The molecule has 0 aliphatic carbocycles. The number of primary amides is 1. The van der Waals surface area contributed by atoms with Crippen molar-refractivity contribution in [3.8, 4) is 0 Å². The van der Waals surface area contributed by atoms with E-state index in [0.29, 0.717) is 27.9 Å². The Morgan fingerprint density at radius 3 is 2.74 bits per heavy atom. The number of nitrogens with one attached hydrogen (secondary N) is 3. The smallest absolute Gasteiger partial charge is 0.352 e. The van der Waals surface area contributed by atoms with E-state index >= 15 is 0 Å². The van der Waals surface area contributed by atoms with E-state index in [0.717, 1.165) is 11.5 Å². The van der Waals surface area contributed by atoms with E-state index < -0.39 is 41.1 Å². The average Bonchev–Trinajstić information content (AvgIpc) is 3.53. The van der Waals surface area contributed by atoms with Crippen LogP contribution < -0.4 is 27.7 Å². The van der Waals surface area contributed by atoms with Crippen LogP contribution in [0, 0.1) is 0 Å². The van der Waals surface area contributed by atoms with E-state index in [9.17, 15) is 24.3 Å². The van der Waals surface area contributed by atoms with Gasteiger partial charge in [0, 0.05) is 24.3 Å². The van der Waals surface area contributed by atoms with Gasteiger partial charge >= 0.3 is 5.97 Å². The molecule has 8 N–H and O–H groups in total. The van der Waals surface area contributed by atoms with Crippen LogP contribution >= 0.6 is 35.1 Å². The lowest BCUT2D eigenvalue weighted by Gasteiger charge is -2.49. The summed E-state index contributed by atoms with van der Waals surface area (Å²) in [6, 6.07) is -2.09. The number of nitrogens with zero attached hydrogens (tertiary/aromatic N) is 5. The third-order valence-corrected chi connectivity index (χ3v) is 9.04. The monoisotopic (exact) mass is 648 g/mol. The van der Waals surface area contributed by atoms with E-state index in [-0.39, 0.29) is 22.8 Å². The van der Waals surface area contributed by atoms with E-state index in [2.05, 4.69) is 25.6 Å². The Balaban J connectivity index is 1.25. The van der Waals surface area contributed by atoms with Crippen molar-refractivity contribution >= 4 is 63.9 Å². The number of allylic oxidation sites excluding steroid dienone is 3. The highest BCUT2D eigenvalue weighted by Gasteiger charge is 2.54. The number of fused-ring (bicyclic) bond motifs is 2. The van der Waals surface area contributed by atoms with E-state index in [1.54, 1.807) is 48.5 Å². The summed E-state index contributed by atoms with van der Waals surface area (Å²) in [6.07, 6.45) is 6.58. The summed E-state index contributed by atoms with van der Waals surface area (Å²) in [6.45, 7) is 3.53. The molecule has 5 heterocycles. The van der Waals surface area contributed by atoms with Crippen LogP contribution in [-0.2, 0) is 24.0 Å². The molecule has 3 amide bonds. The maximum Gasteiger partial charge on any atom is 0.352 e. The van der Waals surface area contributed by atoms with Crippen molar-refractivity contribution in [1.82, 2.24) is 40.4 Å². The number of amides is 3. The molecule has 0 radical (unpaired) electrons. The average molecular weight is 649 g/mol. The molecule has 0 aromatic carbocycles. The molecule has 16 nitrogen and oxygen atoms in total. The van der Waals surface area contributed by atoms with Crippen LogP contribution in [0.4, 0.5) is 5.13 Å². The number of likely N-dealkylation sites (N-methyl/N-ethyl adjacent to an activating group) is 1. The fourth-order valence-corrected chi connectivity index (χ4v) is 6.89. The fraction of sp³-hybridized carbons (Fsp3) is 0.333. The number of hydroxylamine groups is 1. The first kappa shape index (κ1) is 30.4. The van der Waals surface area contributed by atoms with Crippen molar-refractivity contribution in [3.63, 3.8) is 0 Å². The van der Waals surface area contributed by atoms with Crippen molar-refractivity contribution in [2.45, 2.75) is 37.4 Å². The zero-order valence-electron chi connectivity index (χ0n) is 23.0. The number of aliphatic carboxylic acids is 1. The zero-order valence-corrected chi connectivity index (χ0v) is 25.5. The summed E-state index contributed by atoms with van der Waals surface area (Å²) in [5.74, 6) is -1.89. The van der Waals surface area contributed by atoms with E-state index in [1.165, 1.54) is 28.4 Å². The summed E-state index contributed by atoms with van der Waals surface area (Å²) in [4.78, 5) is 62.5. The molecule has 1 aromatic rings. The Morgan fingerprint density at radius 1 is 1.33 bits per heavy atom. The van der Waals surface area contributed by atoms with Crippen LogP contribution in [0.25, 0.3) is 0 Å². The number of nitrogens with two attached hydrogens (primary N) is 2. The lowest BCUT2D eigenvalue weighted by Crippen LogP contribution is -2.71. The van der Waals surface area contributed by atoms with Gasteiger partial charge in [-0.05, 0) is 43.1 Å². The number of thioether (sulfide) groups is 2. The molecule has 1 unspecified atom stereocenters. The van der Waals surface area contributed by atoms with Crippen molar-refractivity contribution in [2.24, 2.45) is 5.73 Å². The molecule has 5 rings (SSSR count). The lowest BCUT2D eigenvalue weighted by molar-refractivity contribution is -0.151. The molecule has 1 aromatic heterocycles. The number of hydrogen-bond acceptors (Lipinski definition) is 15. The standard InChI is InChI=1S/C24H28N10O6S3/c1-10(2)40-30-15(19-28-24(26)43-31-19)20(36)27-16-21(37)34-17(23(38)39)11(9-42-22(16)34)6-7-41-13-4-5-14-32(3)12(18(25)35)8-33(14)29-13/h4-8,10,15-16,22,29-30H,9H2,1-3H3,(H2,25,35)(H,27,36)(H,38,39)(H2,26,28,31)/b7-6-/t15?,16-,22+/m1/s1. The summed E-state index contributed by atoms with van der Waals surface area (Å²) < 4.78 is 4.07. The maximum atomic E-state index is 13.2. The van der Waals surface area contributed by atoms with Gasteiger partial charge in [-0.25, -0.2) is 14.8 Å². The Kier molecular flexibility index (Phi) is 8.69. The SMILES string of the molecule is CC(C)ONC(C(=O)N[C@@H]1C(=O)N2C(C(=O)O)=C(/C=C\SC3=CC=C4N(C=C(C(N)=O)N4C)N3)CS[C@@H]12)c1nsc(N)n1. The van der Waals surface area contributed by atoms with Crippen LogP contribution in [0.3, 0.4) is 0 Å². The lowest BCUT2D eigenvalue weighted by atomic mass is 10.0. The summed E-state index contributed by atoms with van der Waals surface area (Å²) in [5, 5.41) is 16.3. The van der Waals surface area contributed by atoms with Gasteiger partial charge < -0.3 is 26.8 Å². The third kappa shape index (κ3) is 6.07. The highest BCUT2D eigenvalue weighted by Crippen LogP contribution is 2.41. The Morgan fingerprint density at radius 2 is 2.09 bits per heavy atom. The van der Waals surface area contributed by atoms with Crippen molar-refractivity contribution in [1.29, 1.82) is 0 Å². The molecule has 0 bridgehead atoms. The molecule has 0 spiro atoms. The number of β-lactam (4-membered cyclic amide) rings is 1. The second kappa shape index (κ2) is 12.3. The van der Waals surface area contributed by atoms with E-state index in [1.807, 2.05) is 12.2 Å². The zero-order chi connectivity index (χ0) is 31.0. The van der Waals surface area contributed by atoms with Crippen molar-refractivity contribution < 1.29 is 29.1 Å². The van der Waals surface area contributed by atoms with Crippen LogP contribution in [0.2, 0.25) is 0 Å². The highest BCUT2D eigenvalue weighted by atomic mass is 32.2. The number of carbonyl (C=O) groups is 4. The Bertz CT molecular complexity index is 1520. The van der Waals surface area contributed by atoms with Gasteiger partial charge in [-0.1, -0.05) is 11.8 Å². The number of carboxylic acids is 1. The second-order valence-electron chi connectivity index (χ2n) is 9.68. The normalized spacial score (nSPS) is 22.0. The predicted octanol–water partition coefficient (Wildman–Crippen LogP) is -0.148. The van der Waals surface area contributed by atoms with E-state index in [4.69, 9.17) is 16.3 Å². The number of rotatable bonds is 11. The first-order chi connectivity index (χ1) is 20.5. The molecule has 1 saturated heterocycles. The second-order valence-corrected chi connectivity index (χ2v) is 12.5. The number of anilines is 1. The van der Waals surface area contributed by atoms with Gasteiger partial charge in [0.2, 0.25) is 5.91 Å². The van der Waals surface area contributed by atoms with Crippen LogP contribution in [0.15, 0.2) is 57.7 Å². The Labute approximate surface area is 258 Å². The van der Waals surface area contributed by atoms with Crippen LogP contribution in [0.5, 0.6) is 0 Å². The maximum absolute atomic E-state index is 13.2. The highest BCUT2D eigenvalue weighted by molar-refractivity contribution is 8.05. The van der Waals surface area contributed by atoms with Gasteiger partial charge in [0.15, 0.2) is 17.0 Å². The number of hydrazine groups is 1. The number of nitrogen functional groups attached to an aromatic ring is 1. The topological polar surface area (TPSA) is 221 Å². The molecule has 0 saturated carbocycles. The molecular formula is C24H28N10O6S3. The molecule has 4 aliphatic heterocycles. The van der Waals surface area contributed by atoms with Gasteiger partial charge in [-0.15, -0.1) is 11.8 Å². The first-order valence-corrected chi connectivity index (χ1v) is 15.4. The largest absolute Gasteiger partial charge is 0.477 e. The van der Waals surface area contributed by atoms with Crippen LogP contribution in [0.1, 0.15) is 25.7 Å². The fourth-order valence-electron chi connectivity index (χ4n) is 4.43. The number of hydrogen-bond donors (Lipinski definition) is 6. The third-order valence-electron chi connectivity index (χ3n) is 6.43. The van der Waals surface area contributed by atoms with Gasteiger partial charge in [-0.3, -0.25) is 29.5 Å². The molecule has 4 aliphatic rings. The van der Waals surface area contributed by atoms with Crippen molar-refractivity contribution in [3.05, 3.63) is 63.5 Å². The number of carboxylic acid groups (broad SMARTS) is 1. The van der Waals surface area contributed by atoms with Gasteiger partial charge in [-0.2, -0.15) is 9.85 Å². The molecule has 228 valence electrons.